The lowest BCUT2D eigenvalue weighted by Crippen LogP contribution is -2.43. The van der Waals surface area contributed by atoms with E-state index in [1.54, 1.807) is 0 Å². The maximum atomic E-state index is 11.1. The summed E-state index contributed by atoms with van der Waals surface area (Å²) < 4.78 is 0. The van der Waals surface area contributed by atoms with E-state index in [1.807, 2.05) is 0 Å². The Balaban J connectivity index is 2.17. The van der Waals surface area contributed by atoms with Crippen LogP contribution in [0.15, 0.2) is 0 Å². The third-order valence-corrected chi connectivity index (χ3v) is 2.37. The van der Waals surface area contributed by atoms with E-state index in [9.17, 15) is 14.7 Å². The average Bonchev–Trinajstić information content (AvgIpc) is 2.28. The van der Waals surface area contributed by atoms with Crippen LogP contribution in [-0.4, -0.2) is 40.6 Å². The van der Waals surface area contributed by atoms with Gasteiger partial charge in [-0.3, -0.25) is 10.1 Å². The summed E-state index contributed by atoms with van der Waals surface area (Å²) >= 11 is 0. The molecule has 2 aliphatic heterocycles. The van der Waals surface area contributed by atoms with Gasteiger partial charge in [-0.1, -0.05) is 0 Å². The van der Waals surface area contributed by atoms with Gasteiger partial charge in [-0.2, -0.15) is 0 Å². The molecule has 2 atom stereocenters. The van der Waals surface area contributed by atoms with Crippen LogP contribution in [-0.2, 0) is 4.79 Å². The second-order valence-corrected chi connectivity index (χ2v) is 3.18. The van der Waals surface area contributed by atoms with Gasteiger partial charge in [-0.25, -0.2) is 4.79 Å². The Labute approximate surface area is 69.3 Å². The van der Waals surface area contributed by atoms with Gasteiger partial charge in [-0.15, -0.1) is 0 Å². The van der Waals surface area contributed by atoms with Crippen LogP contribution >= 0.6 is 0 Å². The largest absolute Gasteiger partial charge is 0.393 e. The van der Waals surface area contributed by atoms with Crippen molar-refractivity contribution in [2.24, 2.45) is 0 Å². The number of urea groups is 1. The number of carbonyl (C=O) groups is 2. The number of aliphatic hydroxyl groups excluding tert-OH is 1. The first-order valence-electron chi connectivity index (χ1n) is 3.98. The number of rotatable bonds is 0. The zero-order valence-electron chi connectivity index (χ0n) is 6.49. The number of nitrogens with one attached hydrogen (secondary N) is 1. The van der Waals surface area contributed by atoms with Gasteiger partial charge in [0.15, 0.2) is 0 Å². The molecular weight excluding hydrogens is 160 g/mol. The summed E-state index contributed by atoms with van der Waals surface area (Å²) in [5, 5.41) is 11.5. The fourth-order valence-corrected chi connectivity index (χ4v) is 1.70. The van der Waals surface area contributed by atoms with Crippen LogP contribution in [0.2, 0.25) is 0 Å². The molecule has 0 radical (unpaired) electrons. The first kappa shape index (κ1) is 7.54. The van der Waals surface area contributed by atoms with Crippen molar-refractivity contribution in [1.82, 2.24) is 10.2 Å². The minimum Gasteiger partial charge on any atom is -0.393 e. The van der Waals surface area contributed by atoms with Gasteiger partial charge >= 0.3 is 6.03 Å². The number of amides is 3. The molecule has 3 amide bonds. The van der Waals surface area contributed by atoms with Gasteiger partial charge in [0.2, 0.25) is 0 Å². The number of hydrogen-bond donors (Lipinski definition) is 2. The SMILES string of the molecule is O=C1NC(=O)N2CCC(O)CC12. The predicted molar refractivity (Wildman–Crippen MR) is 39.3 cm³/mol. The van der Waals surface area contributed by atoms with E-state index in [0.29, 0.717) is 19.4 Å². The van der Waals surface area contributed by atoms with Crippen LogP contribution in [0, 0.1) is 0 Å². The molecule has 2 aliphatic rings. The van der Waals surface area contributed by atoms with Crippen LogP contribution in [0.5, 0.6) is 0 Å². The van der Waals surface area contributed by atoms with Gasteiger partial charge in [0.25, 0.3) is 5.91 Å². The third kappa shape index (κ3) is 0.972. The summed E-state index contributed by atoms with van der Waals surface area (Å²) in [4.78, 5) is 23.6. The highest BCUT2D eigenvalue weighted by Crippen LogP contribution is 2.21. The molecule has 2 N–H and O–H groups in total. The summed E-state index contributed by atoms with van der Waals surface area (Å²) in [7, 11) is 0. The molecule has 2 fully saturated rings. The molecule has 2 saturated heterocycles. The lowest BCUT2D eigenvalue weighted by Gasteiger charge is -2.29. The highest BCUT2D eigenvalue weighted by molar-refractivity contribution is 6.04. The topological polar surface area (TPSA) is 69.6 Å². The Morgan fingerprint density at radius 3 is 3.00 bits per heavy atom. The van der Waals surface area contributed by atoms with Crippen molar-refractivity contribution in [2.75, 3.05) is 6.54 Å². The van der Waals surface area contributed by atoms with Crippen molar-refractivity contribution >= 4 is 11.9 Å². The lowest BCUT2D eigenvalue weighted by molar-refractivity contribution is -0.123. The second kappa shape index (κ2) is 2.45. The van der Waals surface area contributed by atoms with Crippen LogP contribution in [0.4, 0.5) is 4.79 Å². The predicted octanol–water partition coefficient (Wildman–Crippen LogP) is -0.939. The van der Waals surface area contributed by atoms with E-state index in [4.69, 9.17) is 0 Å². The smallest absolute Gasteiger partial charge is 0.324 e. The van der Waals surface area contributed by atoms with E-state index in [2.05, 4.69) is 5.32 Å². The molecular formula is C7H10N2O3. The quantitative estimate of drug-likeness (QED) is 0.461. The Kier molecular flexibility index (Phi) is 1.54. The third-order valence-electron chi connectivity index (χ3n) is 2.37. The summed E-state index contributed by atoms with van der Waals surface area (Å²) in [5.41, 5.74) is 0. The molecule has 2 unspecified atom stereocenters. The molecule has 66 valence electrons. The van der Waals surface area contributed by atoms with E-state index in [0.717, 1.165) is 0 Å². The maximum absolute atomic E-state index is 11.1. The molecule has 0 saturated carbocycles. The molecule has 0 bridgehead atoms. The van der Waals surface area contributed by atoms with Crippen molar-refractivity contribution in [3.63, 3.8) is 0 Å². The minimum absolute atomic E-state index is 0.279. The fraction of sp³-hybridized carbons (Fsp3) is 0.714. The van der Waals surface area contributed by atoms with Crippen molar-refractivity contribution < 1.29 is 14.7 Å². The number of carbonyl (C=O) groups excluding carboxylic acids is 2. The Hall–Kier alpha value is -1.10. The van der Waals surface area contributed by atoms with Gasteiger partial charge in [-0.05, 0) is 6.42 Å². The monoisotopic (exact) mass is 170 g/mol. The summed E-state index contributed by atoms with van der Waals surface area (Å²) in [5.74, 6) is -0.279. The molecule has 5 nitrogen and oxygen atoms in total. The zero-order chi connectivity index (χ0) is 8.72. The Bertz CT molecular complexity index is 241. The maximum Gasteiger partial charge on any atom is 0.324 e. The number of nitrogens with zero attached hydrogens (tertiary/aromatic N) is 1. The summed E-state index contributed by atoms with van der Waals surface area (Å²) in [6.07, 6.45) is 0.497. The van der Waals surface area contributed by atoms with Gasteiger partial charge in [0, 0.05) is 13.0 Å². The fourth-order valence-electron chi connectivity index (χ4n) is 1.70. The van der Waals surface area contributed by atoms with Crippen molar-refractivity contribution in [3.8, 4) is 0 Å². The van der Waals surface area contributed by atoms with Crippen molar-refractivity contribution in [2.45, 2.75) is 25.0 Å². The Morgan fingerprint density at radius 1 is 1.50 bits per heavy atom. The molecule has 0 aromatic heterocycles. The lowest BCUT2D eigenvalue weighted by atomic mass is 10.0. The molecule has 2 rings (SSSR count). The molecule has 0 spiro atoms. The number of fused-ring (bicyclic) bond motifs is 1. The van der Waals surface area contributed by atoms with Crippen LogP contribution in [0.1, 0.15) is 12.8 Å². The average molecular weight is 170 g/mol. The summed E-state index contributed by atoms with van der Waals surface area (Å²) in [6, 6.07) is -0.752. The normalized spacial score (nSPS) is 34.9. The summed E-state index contributed by atoms with van der Waals surface area (Å²) in [6.45, 7) is 0.476. The van der Waals surface area contributed by atoms with E-state index in [1.165, 1.54) is 4.90 Å². The van der Waals surface area contributed by atoms with E-state index < -0.39 is 12.1 Å². The zero-order valence-corrected chi connectivity index (χ0v) is 6.49. The molecule has 5 heteroatoms. The molecule has 12 heavy (non-hydrogen) atoms. The van der Waals surface area contributed by atoms with E-state index >= 15 is 0 Å². The molecule has 0 aromatic carbocycles. The minimum atomic E-state index is -0.442. The number of piperidine rings is 1. The van der Waals surface area contributed by atoms with Crippen LogP contribution in [0.25, 0.3) is 0 Å². The van der Waals surface area contributed by atoms with Crippen molar-refractivity contribution in [3.05, 3.63) is 0 Å². The Morgan fingerprint density at radius 2 is 2.25 bits per heavy atom. The molecule has 2 heterocycles. The number of hydrogen-bond acceptors (Lipinski definition) is 3. The van der Waals surface area contributed by atoms with Crippen LogP contribution < -0.4 is 5.32 Å². The van der Waals surface area contributed by atoms with Gasteiger partial charge in [0.05, 0.1) is 6.10 Å². The first-order valence-corrected chi connectivity index (χ1v) is 3.98. The number of imide groups is 1. The van der Waals surface area contributed by atoms with Gasteiger partial charge in [0.1, 0.15) is 6.04 Å². The van der Waals surface area contributed by atoms with Crippen LogP contribution in [0.3, 0.4) is 0 Å². The van der Waals surface area contributed by atoms with Gasteiger partial charge < -0.3 is 10.0 Å². The standard InChI is InChI=1S/C7H10N2O3/c10-4-1-2-9-5(3-4)6(11)8-7(9)12/h4-5,10H,1-3H2,(H,8,11,12). The molecule has 0 aromatic rings. The van der Waals surface area contributed by atoms with E-state index in [-0.39, 0.29) is 11.9 Å². The second-order valence-electron chi connectivity index (χ2n) is 3.18. The highest BCUT2D eigenvalue weighted by atomic mass is 16.3. The first-order chi connectivity index (χ1) is 5.68. The molecule has 0 aliphatic carbocycles. The highest BCUT2D eigenvalue weighted by Gasteiger charge is 2.41. The number of aliphatic hydroxyl groups is 1. The van der Waals surface area contributed by atoms with Crippen molar-refractivity contribution in [1.29, 1.82) is 0 Å².